The largest absolute Gasteiger partial charge is 0.123 e. The fourth-order valence-electron chi connectivity index (χ4n) is 2.29. The minimum atomic E-state index is 0.454. The molecule has 1 fully saturated rings. The zero-order valence-electron chi connectivity index (χ0n) is 8.45. The molecule has 0 aliphatic heterocycles. The highest BCUT2D eigenvalue weighted by Gasteiger charge is 2.22. The van der Waals surface area contributed by atoms with Crippen molar-refractivity contribution in [3.63, 3.8) is 0 Å². The maximum atomic E-state index is 6.09. The second kappa shape index (κ2) is 4.84. The van der Waals surface area contributed by atoms with Crippen LogP contribution in [0.1, 0.15) is 31.2 Å². The summed E-state index contributed by atoms with van der Waals surface area (Å²) in [5.41, 5.74) is 1.46. The molecule has 0 spiro atoms. The number of hydrogen-bond acceptors (Lipinski definition) is 0. The maximum Gasteiger partial charge on any atom is 0.0338 e. The molecular formula is C13H17Cl. The van der Waals surface area contributed by atoms with E-state index in [9.17, 15) is 0 Å². The van der Waals surface area contributed by atoms with Crippen molar-refractivity contribution in [1.82, 2.24) is 0 Å². The van der Waals surface area contributed by atoms with Crippen molar-refractivity contribution in [1.29, 1.82) is 0 Å². The van der Waals surface area contributed by atoms with Crippen molar-refractivity contribution in [3.05, 3.63) is 35.9 Å². The van der Waals surface area contributed by atoms with Crippen LogP contribution in [0.2, 0.25) is 0 Å². The van der Waals surface area contributed by atoms with Crippen LogP contribution in [0.15, 0.2) is 30.3 Å². The van der Waals surface area contributed by atoms with Crippen molar-refractivity contribution in [2.75, 3.05) is 0 Å². The van der Waals surface area contributed by atoms with Crippen molar-refractivity contribution in [2.24, 2.45) is 5.92 Å². The van der Waals surface area contributed by atoms with Crippen LogP contribution in [-0.2, 0) is 6.42 Å². The summed E-state index contributed by atoms with van der Waals surface area (Å²) in [6, 6.07) is 10.7. The summed E-state index contributed by atoms with van der Waals surface area (Å²) in [6.45, 7) is 0. The number of rotatable bonds is 3. The molecule has 0 nitrogen and oxygen atoms in total. The summed E-state index contributed by atoms with van der Waals surface area (Å²) in [5, 5.41) is 0.454. The first kappa shape index (κ1) is 10.0. The molecule has 1 aromatic rings. The van der Waals surface area contributed by atoms with Crippen molar-refractivity contribution in [3.8, 4) is 0 Å². The highest BCUT2D eigenvalue weighted by atomic mass is 35.5. The zero-order chi connectivity index (χ0) is 9.80. The molecule has 2 atom stereocenters. The Kier molecular flexibility index (Phi) is 3.47. The zero-order valence-corrected chi connectivity index (χ0v) is 9.21. The Balaban J connectivity index is 1.78. The third-order valence-corrected chi connectivity index (χ3v) is 3.56. The van der Waals surface area contributed by atoms with Gasteiger partial charge in [-0.2, -0.15) is 0 Å². The second-order valence-corrected chi connectivity index (χ2v) is 4.92. The first-order valence-electron chi connectivity index (χ1n) is 5.52. The number of alkyl halides is 1. The van der Waals surface area contributed by atoms with E-state index in [0.29, 0.717) is 5.38 Å². The van der Waals surface area contributed by atoms with E-state index >= 15 is 0 Å². The normalized spacial score (nSPS) is 26.6. The third kappa shape index (κ3) is 2.75. The van der Waals surface area contributed by atoms with E-state index in [1.165, 1.54) is 37.7 Å². The molecule has 0 heterocycles. The summed E-state index contributed by atoms with van der Waals surface area (Å²) in [7, 11) is 0. The lowest BCUT2D eigenvalue weighted by molar-refractivity contribution is 0.504. The van der Waals surface area contributed by atoms with E-state index < -0.39 is 0 Å². The number of aryl methyl sites for hydroxylation is 1. The number of halogens is 1. The van der Waals surface area contributed by atoms with Gasteiger partial charge in [0.25, 0.3) is 0 Å². The minimum absolute atomic E-state index is 0.454. The van der Waals surface area contributed by atoms with Gasteiger partial charge >= 0.3 is 0 Å². The van der Waals surface area contributed by atoms with Crippen LogP contribution in [-0.4, -0.2) is 5.38 Å². The summed E-state index contributed by atoms with van der Waals surface area (Å²) in [6.07, 6.45) is 6.32. The number of hydrogen-bond donors (Lipinski definition) is 0. The highest BCUT2D eigenvalue weighted by Crippen LogP contribution is 2.32. The average Bonchev–Trinajstić information content (AvgIpc) is 2.63. The predicted octanol–water partition coefficient (Wildman–Crippen LogP) is 4.03. The van der Waals surface area contributed by atoms with E-state index in [1.54, 1.807) is 0 Å². The van der Waals surface area contributed by atoms with E-state index in [0.717, 1.165) is 5.92 Å². The molecule has 1 heteroatoms. The molecule has 1 aliphatic carbocycles. The lowest BCUT2D eigenvalue weighted by atomic mass is 9.98. The molecule has 14 heavy (non-hydrogen) atoms. The Hall–Kier alpha value is -0.490. The topological polar surface area (TPSA) is 0 Å². The van der Waals surface area contributed by atoms with Gasteiger partial charge < -0.3 is 0 Å². The van der Waals surface area contributed by atoms with Gasteiger partial charge in [0.1, 0.15) is 0 Å². The van der Waals surface area contributed by atoms with Gasteiger partial charge in [0.05, 0.1) is 0 Å². The molecule has 0 bridgehead atoms. The van der Waals surface area contributed by atoms with Gasteiger partial charge in [0.15, 0.2) is 0 Å². The van der Waals surface area contributed by atoms with Crippen LogP contribution >= 0.6 is 11.6 Å². The summed E-state index contributed by atoms with van der Waals surface area (Å²) in [4.78, 5) is 0. The van der Waals surface area contributed by atoms with Gasteiger partial charge in [0.2, 0.25) is 0 Å². The Morgan fingerprint density at radius 3 is 2.57 bits per heavy atom. The lowest BCUT2D eigenvalue weighted by Crippen LogP contribution is -1.98. The maximum absolute atomic E-state index is 6.09. The second-order valence-electron chi connectivity index (χ2n) is 4.30. The van der Waals surface area contributed by atoms with Gasteiger partial charge in [-0.25, -0.2) is 0 Å². The molecule has 1 saturated carbocycles. The van der Waals surface area contributed by atoms with Crippen molar-refractivity contribution < 1.29 is 0 Å². The fourth-order valence-corrected chi connectivity index (χ4v) is 2.67. The summed E-state index contributed by atoms with van der Waals surface area (Å²) < 4.78 is 0. The van der Waals surface area contributed by atoms with Crippen LogP contribution < -0.4 is 0 Å². The molecule has 0 radical (unpaired) electrons. The Labute approximate surface area is 91.3 Å². The molecule has 0 saturated heterocycles. The molecule has 76 valence electrons. The SMILES string of the molecule is ClC1CCC(CCc2ccccc2)C1. The van der Waals surface area contributed by atoms with Crippen LogP contribution in [0.5, 0.6) is 0 Å². The van der Waals surface area contributed by atoms with Gasteiger partial charge in [-0.05, 0) is 43.6 Å². The first-order chi connectivity index (χ1) is 6.84. The Morgan fingerprint density at radius 2 is 1.93 bits per heavy atom. The van der Waals surface area contributed by atoms with Crippen LogP contribution in [0.25, 0.3) is 0 Å². The van der Waals surface area contributed by atoms with E-state index in [1.807, 2.05) is 0 Å². The lowest BCUT2D eigenvalue weighted by Gasteiger charge is -2.08. The predicted molar refractivity (Wildman–Crippen MR) is 61.7 cm³/mol. The number of benzene rings is 1. The Bertz CT molecular complexity index is 268. The molecule has 1 aromatic carbocycles. The smallest absolute Gasteiger partial charge is 0.0338 e. The van der Waals surface area contributed by atoms with Crippen LogP contribution in [0, 0.1) is 5.92 Å². The summed E-state index contributed by atoms with van der Waals surface area (Å²) >= 11 is 6.09. The molecule has 0 N–H and O–H groups in total. The van der Waals surface area contributed by atoms with Gasteiger partial charge in [0, 0.05) is 5.38 Å². The highest BCUT2D eigenvalue weighted by molar-refractivity contribution is 6.20. The van der Waals surface area contributed by atoms with Crippen LogP contribution in [0.3, 0.4) is 0 Å². The molecule has 2 unspecified atom stereocenters. The van der Waals surface area contributed by atoms with Gasteiger partial charge in [-0.15, -0.1) is 11.6 Å². The van der Waals surface area contributed by atoms with E-state index in [2.05, 4.69) is 30.3 Å². The molecule has 2 rings (SSSR count). The first-order valence-corrected chi connectivity index (χ1v) is 5.96. The quantitative estimate of drug-likeness (QED) is 0.658. The molecule has 0 aromatic heterocycles. The minimum Gasteiger partial charge on any atom is -0.123 e. The van der Waals surface area contributed by atoms with E-state index in [4.69, 9.17) is 11.6 Å². The Morgan fingerprint density at radius 1 is 1.14 bits per heavy atom. The van der Waals surface area contributed by atoms with Crippen molar-refractivity contribution >= 4 is 11.6 Å². The molecular weight excluding hydrogens is 192 g/mol. The fraction of sp³-hybridized carbons (Fsp3) is 0.538. The van der Waals surface area contributed by atoms with E-state index in [-0.39, 0.29) is 0 Å². The van der Waals surface area contributed by atoms with Crippen LogP contribution in [0.4, 0.5) is 0 Å². The standard InChI is InChI=1S/C13H17Cl/c14-13-9-8-12(10-13)7-6-11-4-2-1-3-5-11/h1-5,12-13H,6-10H2. The van der Waals surface area contributed by atoms with Gasteiger partial charge in [-0.3, -0.25) is 0 Å². The summed E-state index contributed by atoms with van der Waals surface area (Å²) in [5.74, 6) is 0.873. The van der Waals surface area contributed by atoms with Crippen molar-refractivity contribution in [2.45, 2.75) is 37.5 Å². The third-order valence-electron chi connectivity index (χ3n) is 3.16. The van der Waals surface area contributed by atoms with Gasteiger partial charge in [-0.1, -0.05) is 30.3 Å². The molecule has 1 aliphatic rings. The monoisotopic (exact) mass is 208 g/mol. The average molecular weight is 209 g/mol. The molecule has 0 amide bonds.